The number of anilines is 2. The molecule has 0 aliphatic rings. The zero-order valence-electron chi connectivity index (χ0n) is 11.0. The standard InChI is InChI=1S/C14H15BrN2O2/c1-9-6-10(15)8-16-14(9)17-12-7-11(18-2)4-5-13(12)19-3/h4-8H,1-3H3,(H,16,17). The summed E-state index contributed by atoms with van der Waals surface area (Å²) in [4.78, 5) is 4.35. The Morgan fingerprint density at radius 2 is 1.95 bits per heavy atom. The lowest BCUT2D eigenvalue weighted by atomic mass is 10.2. The molecule has 1 heterocycles. The van der Waals surface area contributed by atoms with Gasteiger partial charge in [0.2, 0.25) is 0 Å². The number of aryl methyl sites for hydroxylation is 1. The summed E-state index contributed by atoms with van der Waals surface area (Å²) < 4.78 is 11.5. The van der Waals surface area contributed by atoms with E-state index < -0.39 is 0 Å². The van der Waals surface area contributed by atoms with Gasteiger partial charge in [0.1, 0.15) is 17.3 Å². The summed E-state index contributed by atoms with van der Waals surface area (Å²) in [5.41, 5.74) is 1.86. The molecule has 1 aromatic heterocycles. The highest BCUT2D eigenvalue weighted by atomic mass is 79.9. The third kappa shape index (κ3) is 3.17. The van der Waals surface area contributed by atoms with Crippen LogP contribution in [0.3, 0.4) is 0 Å². The maximum absolute atomic E-state index is 5.33. The lowest BCUT2D eigenvalue weighted by Crippen LogP contribution is -1.99. The number of halogens is 1. The predicted octanol–water partition coefficient (Wildman–Crippen LogP) is 3.91. The number of methoxy groups -OCH3 is 2. The monoisotopic (exact) mass is 322 g/mol. The van der Waals surface area contributed by atoms with Gasteiger partial charge in [-0.2, -0.15) is 0 Å². The minimum atomic E-state index is 0.741. The molecule has 0 bridgehead atoms. The van der Waals surface area contributed by atoms with Gasteiger partial charge in [-0.3, -0.25) is 0 Å². The lowest BCUT2D eigenvalue weighted by Gasteiger charge is -2.13. The molecule has 100 valence electrons. The topological polar surface area (TPSA) is 43.4 Å². The first kappa shape index (κ1) is 13.7. The zero-order chi connectivity index (χ0) is 13.8. The molecule has 0 unspecified atom stereocenters. The van der Waals surface area contributed by atoms with Gasteiger partial charge < -0.3 is 14.8 Å². The van der Waals surface area contributed by atoms with Gasteiger partial charge in [-0.15, -0.1) is 0 Å². The Labute approximate surface area is 120 Å². The van der Waals surface area contributed by atoms with Crippen molar-refractivity contribution in [3.63, 3.8) is 0 Å². The van der Waals surface area contributed by atoms with E-state index in [0.29, 0.717) is 0 Å². The number of ether oxygens (including phenoxy) is 2. The summed E-state index contributed by atoms with van der Waals surface area (Å²) in [5, 5.41) is 3.26. The number of nitrogens with one attached hydrogen (secondary N) is 1. The molecule has 0 aliphatic carbocycles. The van der Waals surface area contributed by atoms with Gasteiger partial charge in [-0.25, -0.2) is 4.98 Å². The number of pyridine rings is 1. The van der Waals surface area contributed by atoms with Gasteiger partial charge in [0.05, 0.1) is 19.9 Å². The van der Waals surface area contributed by atoms with Crippen molar-refractivity contribution in [3.8, 4) is 11.5 Å². The molecule has 19 heavy (non-hydrogen) atoms. The quantitative estimate of drug-likeness (QED) is 0.926. The van der Waals surface area contributed by atoms with Crippen LogP contribution < -0.4 is 14.8 Å². The number of aromatic nitrogens is 1. The van der Waals surface area contributed by atoms with Gasteiger partial charge in [0, 0.05) is 16.7 Å². The molecule has 2 aromatic rings. The number of hydrogen-bond donors (Lipinski definition) is 1. The van der Waals surface area contributed by atoms with Gasteiger partial charge in [0.25, 0.3) is 0 Å². The van der Waals surface area contributed by atoms with Gasteiger partial charge in [-0.1, -0.05) is 0 Å². The SMILES string of the molecule is COc1ccc(OC)c(Nc2ncc(Br)cc2C)c1. The first-order valence-corrected chi connectivity index (χ1v) is 6.54. The Morgan fingerprint density at radius 3 is 2.58 bits per heavy atom. The second-order valence-corrected chi connectivity index (χ2v) is 4.93. The molecule has 0 amide bonds. The van der Waals surface area contributed by atoms with E-state index in [1.54, 1.807) is 20.4 Å². The Morgan fingerprint density at radius 1 is 1.16 bits per heavy atom. The molecule has 1 aromatic carbocycles. The molecule has 0 saturated carbocycles. The van der Waals surface area contributed by atoms with Crippen LogP contribution in [-0.2, 0) is 0 Å². The van der Waals surface area contributed by atoms with E-state index >= 15 is 0 Å². The average Bonchev–Trinajstić information content (AvgIpc) is 2.41. The van der Waals surface area contributed by atoms with E-state index in [9.17, 15) is 0 Å². The molecular formula is C14H15BrN2O2. The summed E-state index contributed by atoms with van der Waals surface area (Å²) in [6.45, 7) is 1.99. The van der Waals surface area contributed by atoms with Crippen molar-refractivity contribution in [2.45, 2.75) is 6.92 Å². The maximum atomic E-state index is 5.33. The van der Waals surface area contributed by atoms with Crippen LogP contribution in [0.5, 0.6) is 11.5 Å². The molecule has 1 N–H and O–H groups in total. The van der Waals surface area contributed by atoms with Crippen molar-refractivity contribution >= 4 is 27.4 Å². The number of hydrogen-bond acceptors (Lipinski definition) is 4. The second kappa shape index (κ2) is 5.93. The van der Waals surface area contributed by atoms with Crippen molar-refractivity contribution in [1.29, 1.82) is 0 Å². The van der Waals surface area contributed by atoms with Crippen LogP contribution in [-0.4, -0.2) is 19.2 Å². The molecule has 0 radical (unpaired) electrons. The third-order valence-electron chi connectivity index (χ3n) is 2.70. The lowest BCUT2D eigenvalue weighted by molar-refractivity contribution is 0.405. The highest BCUT2D eigenvalue weighted by Gasteiger charge is 2.08. The van der Waals surface area contributed by atoms with Crippen LogP contribution in [0.4, 0.5) is 11.5 Å². The van der Waals surface area contributed by atoms with Crippen molar-refractivity contribution in [2.24, 2.45) is 0 Å². The fourth-order valence-corrected chi connectivity index (χ4v) is 2.16. The Balaban J connectivity index is 2.36. The zero-order valence-corrected chi connectivity index (χ0v) is 12.6. The average molecular weight is 323 g/mol. The molecule has 0 atom stereocenters. The highest BCUT2D eigenvalue weighted by Crippen LogP contribution is 2.32. The minimum absolute atomic E-state index is 0.741. The van der Waals surface area contributed by atoms with E-state index in [1.807, 2.05) is 31.2 Å². The highest BCUT2D eigenvalue weighted by molar-refractivity contribution is 9.10. The smallest absolute Gasteiger partial charge is 0.142 e. The van der Waals surface area contributed by atoms with Crippen molar-refractivity contribution in [1.82, 2.24) is 4.98 Å². The van der Waals surface area contributed by atoms with E-state index in [0.717, 1.165) is 33.0 Å². The van der Waals surface area contributed by atoms with E-state index in [1.165, 1.54) is 0 Å². The second-order valence-electron chi connectivity index (χ2n) is 4.01. The molecule has 5 heteroatoms. The number of nitrogens with zero attached hydrogens (tertiary/aromatic N) is 1. The molecule has 0 saturated heterocycles. The normalized spacial score (nSPS) is 10.1. The summed E-state index contributed by atoms with van der Waals surface area (Å²) >= 11 is 3.40. The van der Waals surface area contributed by atoms with Crippen LogP contribution >= 0.6 is 15.9 Å². The Bertz CT molecular complexity index is 588. The summed E-state index contributed by atoms with van der Waals surface area (Å²) in [6.07, 6.45) is 1.75. The van der Waals surface area contributed by atoms with Crippen molar-refractivity contribution < 1.29 is 9.47 Å². The van der Waals surface area contributed by atoms with Crippen molar-refractivity contribution in [2.75, 3.05) is 19.5 Å². The fourth-order valence-electron chi connectivity index (χ4n) is 1.71. The summed E-state index contributed by atoms with van der Waals surface area (Å²) in [6, 6.07) is 7.59. The van der Waals surface area contributed by atoms with Gasteiger partial charge in [-0.05, 0) is 46.6 Å². The fraction of sp³-hybridized carbons (Fsp3) is 0.214. The van der Waals surface area contributed by atoms with Gasteiger partial charge >= 0.3 is 0 Å². The van der Waals surface area contributed by atoms with Crippen LogP contribution in [0.15, 0.2) is 34.9 Å². The molecular weight excluding hydrogens is 308 g/mol. The molecule has 0 aliphatic heterocycles. The molecule has 0 spiro atoms. The van der Waals surface area contributed by atoms with E-state index in [-0.39, 0.29) is 0 Å². The first-order chi connectivity index (χ1) is 9.13. The summed E-state index contributed by atoms with van der Waals surface area (Å²) in [5.74, 6) is 2.29. The molecule has 2 rings (SSSR count). The van der Waals surface area contributed by atoms with Gasteiger partial charge in [0.15, 0.2) is 0 Å². The number of benzene rings is 1. The van der Waals surface area contributed by atoms with Crippen LogP contribution in [0.1, 0.15) is 5.56 Å². The van der Waals surface area contributed by atoms with E-state index in [4.69, 9.17) is 9.47 Å². The van der Waals surface area contributed by atoms with Crippen molar-refractivity contribution in [3.05, 3.63) is 40.5 Å². The Kier molecular flexibility index (Phi) is 4.27. The predicted molar refractivity (Wildman–Crippen MR) is 79.5 cm³/mol. The van der Waals surface area contributed by atoms with Crippen LogP contribution in [0.2, 0.25) is 0 Å². The maximum Gasteiger partial charge on any atom is 0.142 e. The third-order valence-corrected chi connectivity index (χ3v) is 3.14. The summed E-state index contributed by atoms with van der Waals surface area (Å²) in [7, 11) is 3.27. The molecule has 0 fully saturated rings. The molecule has 4 nitrogen and oxygen atoms in total. The first-order valence-electron chi connectivity index (χ1n) is 5.75. The minimum Gasteiger partial charge on any atom is -0.497 e. The number of rotatable bonds is 4. The van der Waals surface area contributed by atoms with Crippen LogP contribution in [0.25, 0.3) is 0 Å². The largest absolute Gasteiger partial charge is 0.497 e. The Hall–Kier alpha value is -1.75. The van der Waals surface area contributed by atoms with Crippen LogP contribution in [0, 0.1) is 6.92 Å². The van der Waals surface area contributed by atoms with E-state index in [2.05, 4.69) is 26.2 Å².